The highest BCUT2D eigenvalue weighted by Gasteiger charge is 2.14. The molecule has 26 heavy (non-hydrogen) atoms. The molecule has 0 aromatic heterocycles. The van der Waals surface area contributed by atoms with E-state index in [4.69, 9.17) is 32.7 Å². The molecule has 0 aliphatic heterocycles. The number of halogens is 4. The second kappa shape index (κ2) is 11.3. The smallest absolute Gasteiger partial charge is 0.175 e. The lowest BCUT2D eigenvalue weighted by molar-refractivity contribution is 0.267. The minimum atomic E-state index is 0. The SMILES string of the molecule is CCOc1cc(CNC(C)C)cc(Br)c1OCc1ccc(Cl)cc1Cl.Cl. The summed E-state index contributed by atoms with van der Waals surface area (Å²) in [7, 11) is 0. The van der Waals surface area contributed by atoms with Gasteiger partial charge in [0.15, 0.2) is 11.5 Å². The second-order valence-electron chi connectivity index (χ2n) is 5.90. The zero-order chi connectivity index (χ0) is 18.4. The van der Waals surface area contributed by atoms with Crippen LogP contribution in [0.5, 0.6) is 11.5 Å². The van der Waals surface area contributed by atoms with Crippen molar-refractivity contribution < 1.29 is 9.47 Å². The van der Waals surface area contributed by atoms with E-state index in [1.807, 2.05) is 25.1 Å². The van der Waals surface area contributed by atoms with E-state index in [0.29, 0.717) is 40.8 Å². The summed E-state index contributed by atoms with van der Waals surface area (Å²) in [6.45, 7) is 7.84. The Bertz CT molecular complexity index is 726. The molecule has 0 aliphatic carbocycles. The summed E-state index contributed by atoms with van der Waals surface area (Å²) in [4.78, 5) is 0. The Morgan fingerprint density at radius 3 is 2.46 bits per heavy atom. The van der Waals surface area contributed by atoms with Crippen molar-refractivity contribution in [1.82, 2.24) is 5.32 Å². The van der Waals surface area contributed by atoms with Crippen molar-refractivity contribution in [2.75, 3.05) is 6.61 Å². The van der Waals surface area contributed by atoms with Crippen molar-refractivity contribution in [2.45, 2.75) is 40.0 Å². The number of nitrogens with one attached hydrogen (secondary N) is 1. The molecule has 0 unspecified atom stereocenters. The first-order valence-corrected chi connectivity index (χ1v) is 9.71. The van der Waals surface area contributed by atoms with Crippen LogP contribution in [0.15, 0.2) is 34.8 Å². The molecule has 144 valence electrons. The first-order chi connectivity index (χ1) is 11.9. The molecule has 3 nitrogen and oxygen atoms in total. The van der Waals surface area contributed by atoms with Gasteiger partial charge in [0.05, 0.1) is 11.1 Å². The molecular formula is C19H23BrCl3NO2. The number of hydrogen-bond acceptors (Lipinski definition) is 3. The molecule has 0 heterocycles. The molecule has 7 heteroatoms. The van der Waals surface area contributed by atoms with Crippen LogP contribution in [0.4, 0.5) is 0 Å². The maximum absolute atomic E-state index is 6.22. The summed E-state index contributed by atoms with van der Waals surface area (Å²) in [5.74, 6) is 1.38. The Morgan fingerprint density at radius 1 is 1.12 bits per heavy atom. The van der Waals surface area contributed by atoms with E-state index in [9.17, 15) is 0 Å². The minimum Gasteiger partial charge on any atom is -0.490 e. The third kappa shape index (κ3) is 6.82. The van der Waals surface area contributed by atoms with E-state index in [2.05, 4.69) is 35.1 Å². The van der Waals surface area contributed by atoms with Crippen LogP contribution in [0.25, 0.3) is 0 Å². The van der Waals surface area contributed by atoms with Crippen LogP contribution in [-0.2, 0) is 13.2 Å². The average molecular weight is 484 g/mol. The highest BCUT2D eigenvalue weighted by atomic mass is 79.9. The molecule has 0 saturated heterocycles. The zero-order valence-corrected chi connectivity index (χ0v) is 18.9. The van der Waals surface area contributed by atoms with Crippen molar-refractivity contribution >= 4 is 51.5 Å². The second-order valence-corrected chi connectivity index (χ2v) is 7.60. The Kier molecular flexibility index (Phi) is 10.1. The Balaban J connectivity index is 0.00000338. The standard InChI is InChI=1S/C19H22BrCl2NO2.ClH/c1-4-24-18-8-13(10-23-12(2)3)7-16(20)19(18)25-11-14-5-6-15(21)9-17(14)22;/h5-9,12,23H,4,10-11H2,1-3H3;1H. The predicted molar refractivity (Wildman–Crippen MR) is 115 cm³/mol. The van der Waals surface area contributed by atoms with Crippen LogP contribution in [-0.4, -0.2) is 12.6 Å². The van der Waals surface area contributed by atoms with Gasteiger partial charge in [-0.1, -0.05) is 43.1 Å². The fourth-order valence-corrected chi connectivity index (χ4v) is 3.30. The molecule has 0 bridgehead atoms. The van der Waals surface area contributed by atoms with Gasteiger partial charge < -0.3 is 14.8 Å². The van der Waals surface area contributed by atoms with Crippen molar-refractivity contribution in [2.24, 2.45) is 0 Å². The van der Waals surface area contributed by atoms with Gasteiger partial charge in [-0.3, -0.25) is 0 Å². The molecule has 1 N–H and O–H groups in total. The normalized spacial score (nSPS) is 10.6. The fraction of sp³-hybridized carbons (Fsp3) is 0.368. The highest BCUT2D eigenvalue weighted by molar-refractivity contribution is 9.10. The van der Waals surface area contributed by atoms with Crippen LogP contribution in [0.3, 0.4) is 0 Å². The van der Waals surface area contributed by atoms with Gasteiger partial charge in [-0.25, -0.2) is 0 Å². The lowest BCUT2D eigenvalue weighted by atomic mass is 10.2. The number of hydrogen-bond donors (Lipinski definition) is 1. The fourth-order valence-electron chi connectivity index (χ4n) is 2.24. The molecule has 0 spiro atoms. The van der Waals surface area contributed by atoms with Crippen molar-refractivity contribution in [3.05, 3.63) is 56.0 Å². The summed E-state index contributed by atoms with van der Waals surface area (Å²) in [5, 5.41) is 4.59. The lowest BCUT2D eigenvalue weighted by Crippen LogP contribution is -2.21. The molecule has 2 aromatic carbocycles. The lowest BCUT2D eigenvalue weighted by Gasteiger charge is -2.17. The molecule has 2 aromatic rings. The number of benzene rings is 2. The van der Waals surface area contributed by atoms with E-state index in [1.54, 1.807) is 12.1 Å². The monoisotopic (exact) mass is 481 g/mol. The third-order valence-electron chi connectivity index (χ3n) is 3.47. The summed E-state index contributed by atoms with van der Waals surface area (Å²) >= 11 is 15.7. The summed E-state index contributed by atoms with van der Waals surface area (Å²) in [5.41, 5.74) is 1.99. The van der Waals surface area contributed by atoms with Crippen molar-refractivity contribution in [3.8, 4) is 11.5 Å². The van der Waals surface area contributed by atoms with Gasteiger partial charge in [-0.2, -0.15) is 0 Å². The van der Waals surface area contributed by atoms with Crippen LogP contribution in [0, 0.1) is 0 Å². The van der Waals surface area contributed by atoms with Crippen LogP contribution >= 0.6 is 51.5 Å². The molecule has 0 saturated carbocycles. The maximum atomic E-state index is 6.22. The predicted octanol–water partition coefficient (Wildman–Crippen LogP) is 6.65. The first-order valence-electron chi connectivity index (χ1n) is 8.16. The Labute approximate surface area is 179 Å². The van der Waals surface area contributed by atoms with Crippen LogP contribution in [0.2, 0.25) is 10.0 Å². The number of ether oxygens (including phenoxy) is 2. The van der Waals surface area contributed by atoms with Gasteiger partial charge in [-0.15, -0.1) is 12.4 Å². The molecular weight excluding hydrogens is 460 g/mol. The maximum Gasteiger partial charge on any atom is 0.175 e. The molecule has 0 aliphatic rings. The van der Waals surface area contributed by atoms with Gasteiger partial charge in [0.25, 0.3) is 0 Å². The van der Waals surface area contributed by atoms with Gasteiger partial charge in [0.1, 0.15) is 6.61 Å². The highest BCUT2D eigenvalue weighted by Crippen LogP contribution is 2.38. The van der Waals surface area contributed by atoms with Gasteiger partial charge in [-0.05, 0) is 52.7 Å². The van der Waals surface area contributed by atoms with Gasteiger partial charge >= 0.3 is 0 Å². The van der Waals surface area contributed by atoms with Crippen LogP contribution in [0.1, 0.15) is 31.9 Å². The quantitative estimate of drug-likeness (QED) is 0.456. The largest absolute Gasteiger partial charge is 0.490 e. The average Bonchev–Trinajstić information content (AvgIpc) is 2.54. The summed E-state index contributed by atoms with van der Waals surface area (Å²) in [6.07, 6.45) is 0. The third-order valence-corrected chi connectivity index (χ3v) is 4.65. The van der Waals surface area contributed by atoms with Crippen molar-refractivity contribution in [3.63, 3.8) is 0 Å². The molecule has 0 radical (unpaired) electrons. The minimum absolute atomic E-state index is 0. The summed E-state index contributed by atoms with van der Waals surface area (Å²) < 4.78 is 12.6. The van der Waals surface area contributed by atoms with Gasteiger partial charge in [0.2, 0.25) is 0 Å². The molecule has 0 fully saturated rings. The van der Waals surface area contributed by atoms with Crippen molar-refractivity contribution in [1.29, 1.82) is 0 Å². The van der Waals surface area contributed by atoms with E-state index in [1.165, 1.54) is 0 Å². The van der Waals surface area contributed by atoms with Crippen LogP contribution < -0.4 is 14.8 Å². The summed E-state index contributed by atoms with van der Waals surface area (Å²) in [6, 6.07) is 9.82. The van der Waals surface area contributed by atoms with E-state index in [-0.39, 0.29) is 12.4 Å². The van der Waals surface area contributed by atoms with E-state index in [0.717, 1.165) is 22.1 Å². The first kappa shape index (κ1) is 23.4. The molecule has 2 rings (SSSR count). The van der Waals surface area contributed by atoms with Gasteiger partial charge in [0, 0.05) is 28.2 Å². The molecule has 0 atom stereocenters. The Morgan fingerprint density at radius 2 is 1.85 bits per heavy atom. The van der Waals surface area contributed by atoms with E-state index < -0.39 is 0 Å². The molecule has 0 amide bonds. The zero-order valence-electron chi connectivity index (χ0n) is 14.9. The topological polar surface area (TPSA) is 30.5 Å². The Hall–Kier alpha value is -0.650. The number of rotatable bonds is 8. The van der Waals surface area contributed by atoms with E-state index >= 15 is 0 Å².